The van der Waals surface area contributed by atoms with Gasteiger partial charge in [0.05, 0.1) is 6.42 Å². The lowest BCUT2D eigenvalue weighted by atomic mass is 10.2. The van der Waals surface area contributed by atoms with Crippen molar-refractivity contribution in [2.75, 3.05) is 5.73 Å². The first kappa shape index (κ1) is 15.6. The van der Waals surface area contributed by atoms with Crippen LogP contribution in [-0.2, 0) is 10.0 Å². The first-order valence-electron chi connectivity index (χ1n) is 5.92. The third-order valence-electron chi connectivity index (χ3n) is 2.66. The molecule has 0 fully saturated rings. The smallest absolute Gasteiger partial charge is 0.381 e. The molecule has 0 aliphatic rings. The van der Waals surface area contributed by atoms with Gasteiger partial charge in [-0.3, -0.25) is 4.40 Å². The molecular weight excluding hydrogens is 309 g/mol. The molecule has 0 amide bonds. The molecule has 2 aromatic heterocycles. The van der Waals surface area contributed by atoms with Gasteiger partial charge in [0.1, 0.15) is 5.65 Å². The lowest BCUT2D eigenvalue weighted by molar-refractivity contribution is -0.137. The van der Waals surface area contributed by atoms with Crippen molar-refractivity contribution in [2.24, 2.45) is 0 Å². The molecule has 2 aromatic rings. The van der Waals surface area contributed by atoms with Gasteiger partial charge in [-0.25, -0.2) is 18.1 Å². The van der Waals surface area contributed by atoms with Crippen molar-refractivity contribution < 1.29 is 21.6 Å². The summed E-state index contributed by atoms with van der Waals surface area (Å²) in [6.07, 6.45) is -4.32. The summed E-state index contributed by atoms with van der Waals surface area (Å²) in [7, 11) is -4.22. The first-order chi connectivity index (χ1) is 9.60. The number of aromatic nitrogens is 2. The van der Waals surface area contributed by atoms with Crippen molar-refractivity contribution in [1.82, 2.24) is 14.1 Å². The van der Waals surface area contributed by atoms with Gasteiger partial charge in [0, 0.05) is 12.2 Å². The molecule has 0 radical (unpaired) electrons. The summed E-state index contributed by atoms with van der Waals surface area (Å²) in [5.41, 5.74) is 5.86. The van der Waals surface area contributed by atoms with Gasteiger partial charge in [-0.1, -0.05) is 6.07 Å². The number of halogens is 3. The van der Waals surface area contributed by atoms with Crippen molar-refractivity contribution in [3.63, 3.8) is 0 Å². The summed E-state index contributed by atoms with van der Waals surface area (Å²) >= 11 is 0. The number of nitrogens with zero attached hydrogens (tertiary/aromatic N) is 2. The number of fused-ring (bicyclic) bond motifs is 1. The lowest BCUT2D eigenvalue weighted by Gasteiger charge is -2.15. The summed E-state index contributed by atoms with van der Waals surface area (Å²) in [6, 6.07) is 3.42. The minimum atomic E-state index is -4.47. The van der Waals surface area contributed by atoms with Crippen LogP contribution in [0.15, 0.2) is 29.4 Å². The van der Waals surface area contributed by atoms with E-state index in [0.717, 1.165) is 6.92 Å². The van der Waals surface area contributed by atoms with E-state index in [1.165, 1.54) is 16.7 Å². The van der Waals surface area contributed by atoms with Crippen LogP contribution in [-0.4, -0.2) is 30.0 Å². The quantitative estimate of drug-likeness (QED) is 0.893. The fourth-order valence-electron chi connectivity index (χ4n) is 1.97. The van der Waals surface area contributed by atoms with Crippen LogP contribution in [0.5, 0.6) is 0 Å². The number of anilines is 1. The fraction of sp³-hybridized carbons (Fsp3) is 0.364. The number of imidazole rings is 1. The zero-order chi connectivity index (χ0) is 15.8. The normalized spacial score (nSPS) is 14.5. The average molecular weight is 322 g/mol. The summed E-state index contributed by atoms with van der Waals surface area (Å²) in [5.74, 6) is -0.270. The molecule has 0 saturated heterocycles. The van der Waals surface area contributed by atoms with Crippen LogP contribution in [0.2, 0.25) is 0 Å². The van der Waals surface area contributed by atoms with E-state index in [9.17, 15) is 21.6 Å². The maximum atomic E-state index is 12.3. The lowest BCUT2D eigenvalue weighted by Crippen LogP contribution is -2.36. The number of hydrogen-bond donors (Lipinski definition) is 2. The Bertz CT molecular complexity index is 754. The molecule has 0 saturated carbocycles. The van der Waals surface area contributed by atoms with Crippen LogP contribution in [0.25, 0.3) is 5.65 Å². The molecule has 10 heteroatoms. The monoisotopic (exact) mass is 322 g/mol. The highest BCUT2D eigenvalue weighted by Crippen LogP contribution is 2.24. The maximum Gasteiger partial charge on any atom is 0.390 e. The molecule has 2 rings (SSSR count). The molecule has 6 nitrogen and oxygen atoms in total. The van der Waals surface area contributed by atoms with Crippen LogP contribution in [0.3, 0.4) is 0 Å². The highest BCUT2D eigenvalue weighted by Gasteiger charge is 2.33. The second kappa shape index (κ2) is 5.19. The maximum absolute atomic E-state index is 12.3. The summed E-state index contributed by atoms with van der Waals surface area (Å²) < 4.78 is 64.4. The third kappa shape index (κ3) is 3.45. The summed E-state index contributed by atoms with van der Waals surface area (Å²) in [5, 5.41) is -0.368. The van der Waals surface area contributed by atoms with E-state index >= 15 is 0 Å². The molecular formula is C11H13F3N4O2S. The van der Waals surface area contributed by atoms with Crippen LogP contribution in [0.4, 0.5) is 19.0 Å². The van der Waals surface area contributed by atoms with Gasteiger partial charge in [0.15, 0.2) is 10.8 Å². The Kier molecular flexibility index (Phi) is 3.85. The molecule has 0 spiro atoms. The topological polar surface area (TPSA) is 89.5 Å². The number of nitrogen functional groups attached to an aromatic ring is 1. The second-order valence-corrected chi connectivity index (χ2v) is 6.20. The molecule has 0 aliphatic heterocycles. The first-order valence-corrected chi connectivity index (χ1v) is 7.40. The van der Waals surface area contributed by atoms with E-state index in [2.05, 4.69) is 4.98 Å². The second-order valence-electron chi connectivity index (χ2n) is 4.57. The Morgan fingerprint density at radius 1 is 1.43 bits per heavy atom. The van der Waals surface area contributed by atoms with E-state index in [4.69, 9.17) is 5.73 Å². The number of hydrogen-bond acceptors (Lipinski definition) is 4. The highest BCUT2D eigenvalue weighted by molar-refractivity contribution is 7.89. The zero-order valence-electron chi connectivity index (χ0n) is 10.9. The molecule has 0 bridgehead atoms. The number of pyridine rings is 1. The Balaban J connectivity index is 2.36. The summed E-state index contributed by atoms with van der Waals surface area (Å²) in [6.45, 7) is 1.13. The van der Waals surface area contributed by atoms with Gasteiger partial charge in [-0.15, -0.1) is 0 Å². The largest absolute Gasteiger partial charge is 0.390 e. The van der Waals surface area contributed by atoms with Gasteiger partial charge in [-0.2, -0.15) is 13.2 Å². The van der Waals surface area contributed by atoms with Gasteiger partial charge in [0.2, 0.25) is 0 Å². The molecule has 0 aromatic carbocycles. The van der Waals surface area contributed by atoms with Gasteiger partial charge in [-0.05, 0) is 19.1 Å². The minimum absolute atomic E-state index is 0.270. The van der Waals surface area contributed by atoms with Crippen molar-refractivity contribution in [3.8, 4) is 0 Å². The fourth-order valence-corrected chi connectivity index (χ4v) is 3.43. The molecule has 116 valence electrons. The van der Waals surface area contributed by atoms with Gasteiger partial charge < -0.3 is 5.73 Å². The molecule has 2 heterocycles. The molecule has 0 aliphatic carbocycles. The predicted octanol–water partition coefficient (Wildman–Crippen LogP) is 1.54. The number of sulfonamides is 1. The molecule has 3 N–H and O–H groups in total. The Labute approximate surface area is 118 Å². The van der Waals surface area contributed by atoms with Crippen LogP contribution < -0.4 is 10.5 Å². The number of alkyl halides is 3. The highest BCUT2D eigenvalue weighted by atomic mass is 32.2. The van der Waals surface area contributed by atoms with Crippen molar-refractivity contribution >= 4 is 21.5 Å². The Hall–Kier alpha value is -1.81. The van der Waals surface area contributed by atoms with Crippen LogP contribution in [0, 0.1) is 0 Å². The van der Waals surface area contributed by atoms with E-state index in [1.807, 2.05) is 4.72 Å². The summed E-state index contributed by atoms with van der Waals surface area (Å²) in [4.78, 5) is 3.86. The van der Waals surface area contributed by atoms with Crippen LogP contribution >= 0.6 is 0 Å². The van der Waals surface area contributed by atoms with Gasteiger partial charge in [0.25, 0.3) is 10.0 Å². The minimum Gasteiger partial charge on any atom is -0.381 e. The van der Waals surface area contributed by atoms with Crippen LogP contribution in [0.1, 0.15) is 13.3 Å². The number of nitrogens with one attached hydrogen (secondary N) is 1. The van der Waals surface area contributed by atoms with E-state index in [0.29, 0.717) is 5.65 Å². The standard InChI is InChI=1S/C11H13F3N4O2S/c1-7(6-11(12,13)14)17-21(19,20)10-9(15)16-8-4-2-3-5-18(8)10/h2-5,7,17H,6,15H2,1H3. The van der Waals surface area contributed by atoms with E-state index in [1.54, 1.807) is 12.1 Å². The van der Waals surface area contributed by atoms with Gasteiger partial charge >= 0.3 is 6.18 Å². The number of nitrogens with two attached hydrogens (primary N) is 1. The SMILES string of the molecule is CC(CC(F)(F)F)NS(=O)(=O)c1c(N)nc2ccccn12. The molecule has 1 atom stereocenters. The van der Waals surface area contributed by atoms with Crippen molar-refractivity contribution in [3.05, 3.63) is 24.4 Å². The average Bonchev–Trinajstić information content (AvgIpc) is 2.61. The van der Waals surface area contributed by atoms with E-state index < -0.39 is 28.7 Å². The molecule has 21 heavy (non-hydrogen) atoms. The third-order valence-corrected chi connectivity index (χ3v) is 4.29. The Morgan fingerprint density at radius 3 is 2.71 bits per heavy atom. The predicted molar refractivity (Wildman–Crippen MR) is 70.1 cm³/mol. The molecule has 1 unspecified atom stereocenters. The van der Waals surface area contributed by atoms with E-state index in [-0.39, 0.29) is 10.8 Å². The number of rotatable bonds is 4. The zero-order valence-corrected chi connectivity index (χ0v) is 11.7. The van der Waals surface area contributed by atoms with Crippen molar-refractivity contribution in [1.29, 1.82) is 0 Å². The van der Waals surface area contributed by atoms with Crippen molar-refractivity contribution in [2.45, 2.75) is 30.6 Å². The Morgan fingerprint density at radius 2 is 2.10 bits per heavy atom.